The molecule has 1 aliphatic rings. The van der Waals surface area contributed by atoms with Crippen LogP contribution >= 0.6 is 0 Å². The molecule has 5 nitrogen and oxygen atoms in total. The number of hydrogen-bond acceptors (Lipinski definition) is 4. The average Bonchev–Trinajstić information content (AvgIpc) is 2.29. The van der Waals surface area contributed by atoms with Crippen LogP contribution in [0, 0.1) is 0 Å². The summed E-state index contributed by atoms with van der Waals surface area (Å²) in [5, 5.41) is 3.28. The van der Waals surface area contributed by atoms with Gasteiger partial charge in [-0.2, -0.15) is 0 Å². The van der Waals surface area contributed by atoms with Crippen LogP contribution in [-0.4, -0.2) is 74.7 Å². The molecule has 1 N–H and O–H groups in total. The van der Waals surface area contributed by atoms with Gasteiger partial charge in [0.25, 0.3) is 0 Å². The zero-order valence-electron chi connectivity index (χ0n) is 11.2. The van der Waals surface area contributed by atoms with Crippen LogP contribution < -0.4 is 5.32 Å². The number of hydrogen-bond donors (Lipinski definition) is 1. The van der Waals surface area contributed by atoms with Crippen LogP contribution in [0.4, 0.5) is 0 Å². The molecule has 0 aliphatic carbocycles. The Hall–Kier alpha value is -0.650. The second-order valence-electron chi connectivity index (χ2n) is 4.76. The third-order valence-corrected chi connectivity index (χ3v) is 2.87. The average molecular weight is 243 g/mol. The second-order valence-corrected chi connectivity index (χ2v) is 4.76. The monoisotopic (exact) mass is 243 g/mol. The highest BCUT2D eigenvalue weighted by Crippen LogP contribution is 1.95. The normalized spacial score (nSPS) is 17.4. The van der Waals surface area contributed by atoms with Crippen LogP contribution in [0.2, 0.25) is 0 Å². The predicted molar refractivity (Wildman–Crippen MR) is 68.0 cm³/mol. The zero-order valence-corrected chi connectivity index (χ0v) is 11.2. The third-order valence-electron chi connectivity index (χ3n) is 2.87. The molecule has 1 amide bonds. The van der Waals surface area contributed by atoms with Gasteiger partial charge in [0.15, 0.2) is 0 Å². The van der Waals surface area contributed by atoms with E-state index in [0.29, 0.717) is 19.7 Å². The van der Waals surface area contributed by atoms with E-state index in [4.69, 9.17) is 4.74 Å². The number of nitrogens with zero attached hydrogens (tertiary/aromatic N) is 2. The number of nitrogens with one attached hydrogen (secondary N) is 1. The Morgan fingerprint density at radius 2 is 2.06 bits per heavy atom. The molecule has 0 saturated carbocycles. The van der Waals surface area contributed by atoms with Crippen molar-refractivity contribution in [2.45, 2.75) is 20.0 Å². The summed E-state index contributed by atoms with van der Waals surface area (Å²) < 4.78 is 5.44. The highest BCUT2D eigenvalue weighted by Gasteiger charge is 2.16. The first-order valence-corrected chi connectivity index (χ1v) is 6.38. The summed E-state index contributed by atoms with van der Waals surface area (Å²) in [6, 6.07) is 0. The quantitative estimate of drug-likeness (QED) is 0.700. The van der Waals surface area contributed by atoms with E-state index < -0.39 is 0 Å². The number of carbonyl (C=O) groups excluding carboxylic acids is 1. The summed E-state index contributed by atoms with van der Waals surface area (Å²) in [5.74, 6) is 0.180. The van der Waals surface area contributed by atoms with Crippen molar-refractivity contribution in [3.05, 3.63) is 0 Å². The van der Waals surface area contributed by atoms with Crippen molar-refractivity contribution >= 4 is 5.91 Å². The minimum absolute atomic E-state index is 0.180. The van der Waals surface area contributed by atoms with Gasteiger partial charge in [-0.15, -0.1) is 0 Å². The van der Waals surface area contributed by atoms with Crippen molar-refractivity contribution in [3.63, 3.8) is 0 Å². The number of piperazine rings is 1. The smallest absolute Gasteiger partial charge is 0.236 e. The lowest BCUT2D eigenvalue weighted by Crippen LogP contribution is -2.48. The van der Waals surface area contributed by atoms with Gasteiger partial charge < -0.3 is 15.0 Å². The second kappa shape index (κ2) is 7.63. The first-order chi connectivity index (χ1) is 8.09. The summed E-state index contributed by atoms with van der Waals surface area (Å²) in [6.45, 7) is 9.70. The van der Waals surface area contributed by atoms with Gasteiger partial charge in [-0.1, -0.05) is 0 Å². The van der Waals surface area contributed by atoms with Gasteiger partial charge in [-0.25, -0.2) is 0 Å². The summed E-state index contributed by atoms with van der Waals surface area (Å²) in [6.07, 6.45) is 0.228. The molecule has 5 heteroatoms. The van der Waals surface area contributed by atoms with E-state index in [1.54, 1.807) is 4.90 Å². The van der Waals surface area contributed by atoms with E-state index in [1.807, 2.05) is 20.9 Å². The van der Waals surface area contributed by atoms with E-state index >= 15 is 0 Å². The summed E-state index contributed by atoms with van der Waals surface area (Å²) in [7, 11) is 1.84. The molecular formula is C12H25N3O2. The van der Waals surface area contributed by atoms with Gasteiger partial charge in [0, 0.05) is 39.8 Å². The standard InChI is InChI=1S/C12H25N3O2/c1-11(2)17-9-8-14(3)12(16)10-15-6-4-13-5-7-15/h11,13H,4-10H2,1-3H3. The number of ether oxygens (including phenoxy) is 1. The Kier molecular flexibility index (Phi) is 6.47. The molecule has 1 heterocycles. The maximum Gasteiger partial charge on any atom is 0.236 e. The molecule has 0 aromatic carbocycles. The lowest BCUT2D eigenvalue weighted by atomic mass is 10.3. The van der Waals surface area contributed by atoms with Crippen LogP contribution in [0.25, 0.3) is 0 Å². The molecule has 100 valence electrons. The summed E-state index contributed by atoms with van der Waals surface area (Å²) >= 11 is 0. The Morgan fingerprint density at radius 3 is 2.65 bits per heavy atom. The van der Waals surface area contributed by atoms with Crippen LogP contribution in [0.3, 0.4) is 0 Å². The Labute approximate surface area is 104 Å². The Morgan fingerprint density at radius 1 is 1.41 bits per heavy atom. The van der Waals surface area contributed by atoms with Crippen LogP contribution in [0.15, 0.2) is 0 Å². The van der Waals surface area contributed by atoms with Crippen molar-refractivity contribution in [2.24, 2.45) is 0 Å². The minimum atomic E-state index is 0.180. The Bertz CT molecular complexity index is 228. The van der Waals surface area contributed by atoms with Gasteiger partial charge in [-0.05, 0) is 13.8 Å². The molecular weight excluding hydrogens is 218 g/mol. The van der Waals surface area contributed by atoms with Crippen LogP contribution in [-0.2, 0) is 9.53 Å². The molecule has 0 spiro atoms. The van der Waals surface area contributed by atoms with Crippen LogP contribution in [0.1, 0.15) is 13.8 Å². The molecule has 0 bridgehead atoms. The summed E-state index contributed by atoms with van der Waals surface area (Å²) in [5.41, 5.74) is 0. The van der Waals surface area contributed by atoms with Gasteiger partial charge >= 0.3 is 0 Å². The van der Waals surface area contributed by atoms with Crippen molar-refractivity contribution in [1.82, 2.24) is 15.1 Å². The van der Waals surface area contributed by atoms with E-state index in [0.717, 1.165) is 26.2 Å². The zero-order chi connectivity index (χ0) is 12.7. The molecule has 1 aliphatic heterocycles. The molecule has 1 saturated heterocycles. The first-order valence-electron chi connectivity index (χ1n) is 6.38. The van der Waals surface area contributed by atoms with E-state index in [-0.39, 0.29) is 12.0 Å². The van der Waals surface area contributed by atoms with E-state index in [9.17, 15) is 4.79 Å². The topological polar surface area (TPSA) is 44.8 Å². The fraction of sp³-hybridized carbons (Fsp3) is 0.917. The molecule has 0 aromatic heterocycles. The Balaban J connectivity index is 2.16. The SMILES string of the molecule is CC(C)OCCN(C)C(=O)CN1CCNCC1. The van der Waals surface area contributed by atoms with Gasteiger partial charge in [-0.3, -0.25) is 9.69 Å². The molecule has 0 unspecified atom stereocenters. The first kappa shape index (κ1) is 14.4. The highest BCUT2D eigenvalue weighted by atomic mass is 16.5. The van der Waals surface area contributed by atoms with Crippen molar-refractivity contribution in [3.8, 4) is 0 Å². The third kappa shape index (κ3) is 6.00. The number of carbonyl (C=O) groups is 1. The number of rotatable bonds is 6. The molecule has 0 aromatic rings. The van der Waals surface area contributed by atoms with Gasteiger partial charge in [0.05, 0.1) is 19.3 Å². The van der Waals surface area contributed by atoms with Crippen LogP contribution in [0.5, 0.6) is 0 Å². The van der Waals surface area contributed by atoms with Crippen molar-refractivity contribution in [1.29, 1.82) is 0 Å². The molecule has 1 rings (SSSR count). The van der Waals surface area contributed by atoms with Crippen molar-refractivity contribution < 1.29 is 9.53 Å². The molecule has 0 atom stereocenters. The largest absolute Gasteiger partial charge is 0.377 e. The molecule has 17 heavy (non-hydrogen) atoms. The van der Waals surface area contributed by atoms with Gasteiger partial charge in [0.1, 0.15) is 0 Å². The molecule has 0 radical (unpaired) electrons. The number of likely N-dealkylation sites (N-methyl/N-ethyl adjacent to an activating group) is 1. The fourth-order valence-corrected chi connectivity index (χ4v) is 1.73. The summed E-state index contributed by atoms with van der Waals surface area (Å²) in [4.78, 5) is 15.8. The maximum atomic E-state index is 11.9. The van der Waals surface area contributed by atoms with Crippen molar-refractivity contribution in [2.75, 3.05) is 52.9 Å². The predicted octanol–water partition coefficient (Wildman–Crippen LogP) is -0.225. The lowest BCUT2D eigenvalue weighted by Gasteiger charge is -2.28. The minimum Gasteiger partial charge on any atom is -0.377 e. The van der Waals surface area contributed by atoms with Gasteiger partial charge in [0.2, 0.25) is 5.91 Å². The fourth-order valence-electron chi connectivity index (χ4n) is 1.73. The van der Waals surface area contributed by atoms with E-state index in [2.05, 4.69) is 10.2 Å². The van der Waals surface area contributed by atoms with E-state index in [1.165, 1.54) is 0 Å². The maximum absolute atomic E-state index is 11.9. The number of amides is 1. The highest BCUT2D eigenvalue weighted by molar-refractivity contribution is 5.77. The molecule has 1 fully saturated rings. The lowest BCUT2D eigenvalue weighted by molar-refractivity contribution is -0.132.